The Morgan fingerprint density at radius 2 is 1.67 bits per heavy atom. The summed E-state index contributed by atoms with van der Waals surface area (Å²) in [6.07, 6.45) is 9.54. The smallest absolute Gasteiger partial charge is 0.122 e. The van der Waals surface area contributed by atoms with Gasteiger partial charge in [0.1, 0.15) is 11.5 Å². The Kier molecular flexibility index (Phi) is 6.87. The Bertz CT molecular complexity index is 391. The highest BCUT2D eigenvalue weighted by molar-refractivity contribution is 5.38. The zero-order valence-electron chi connectivity index (χ0n) is 13.6. The van der Waals surface area contributed by atoms with E-state index in [9.17, 15) is 0 Å². The van der Waals surface area contributed by atoms with Crippen LogP contribution in [0, 0.1) is 5.92 Å². The lowest BCUT2D eigenvalue weighted by Crippen LogP contribution is -2.85. The van der Waals surface area contributed by atoms with Crippen molar-refractivity contribution in [2.75, 3.05) is 27.3 Å². The second-order valence-electron chi connectivity index (χ2n) is 6.14. The number of aryl methyl sites for hydroxylation is 1. The molecule has 0 radical (unpaired) electrons. The molecule has 0 amide bonds. The first kappa shape index (κ1) is 16.2. The third-order valence-corrected chi connectivity index (χ3v) is 4.51. The van der Waals surface area contributed by atoms with Gasteiger partial charge in [-0.25, -0.2) is 0 Å². The molecule has 0 atom stereocenters. The molecule has 1 aliphatic rings. The van der Waals surface area contributed by atoms with E-state index in [1.165, 1.54) is 57.2 Å². The van der Waals surface area contributed by atoms with Crippen LogP contribution in [0.5, 0.6) is 11.5 Å². The Morgan fingerprint density at radius 1 is 1.00 bits per heavy atom. The van der Waals surface area contributed by atoms with Crippen molar-refractivity contribution in [1.29, 1.82) is 0 Å². The normalized spacial score (nSPS) is 15.9. The molecule has 0 saturated heterocycles. The molecule has 0 aromatic heterocycles. The largest absolute Gasteiger partial charge is 0.497 e. The standard InChI is InChI=1S/C18H29NO2/c1-20-17-11-16(12-18(13-17)21-2)9-6-10-19-14-15-7-4-3-5-8-15/h11-13,15,19H,3-10,14H2,1-2H3/p+1. The lowest BCUT2D eigenvalue weighted by atomic mass is 9.89. The van der Waals surface area contributed by atoms with Crippen LogP contribution in [0.1, 0.15) is 44.1 Å². The fraction of sp³-hybridized carbons (Fsp3) is 0.667. The van der Waals surface area contributed by atoms with E-state index in [1.807, 2.05) is 6.07 Å². The van der Waals surface area contributed by atoms with E-state index in [2.05, 4.69) is 17.4 Å². The van der Waals surface area contributed by atoms with Gasteiger partial charge in [-0.2, -0.15) is 0 Å². The molecule has 1 saturated carbocycles. The number of rotatable bonds is 8. The van der Waals surface area contributed by atoms with Crippen LogP contribution in [-0.4, -0.2) is 27.3 Å². The topological polar surface area (TPSA) is 35.1 Å². The number of hydrogen-bond donors (Lipinski definition) is 1. The molecule has 0 bridgehead atoms. The van der Waals surface area contributed by atoms with Gasteiger partial charge in [-0.1, -0.05) is 19.3 Å². The van der Waals surface area contributed by atoms with Gasteiger partial charge in [0.25, 0.3) is 0 Å². The molecule has 3 heteroatoms. The Morgan fingerprint density at radius 3 is 2.29 bits per heavy atom. The van der Waals surface area contributed by atoms with Crippen molar-refractivity contribution in [3.8, 4) is 11.5 Å². The van der Waals surface area contributed by atoms with Gasteiger partial charge in [0.15, 0.2) is 0 Å². The van der Waals surface area contributed by atoms with Crippen LogP contribution in [0.15, 0.2) is 18.2 Å². The van der Waals surface area contributed by atoms with E-state index < -0.39 is 0 Å². The van der Waals surface area contributed by atoms with Crippen molar-refractivity contribution in [2.45, 2.75) is 44.9 Å². The van der Waals surface area contributed by atoms with Crippen molar-refractivity contribution in [2.24, 2.45) is 5.92 Å². The maximum atomic E-state index is 5.32. The van der Waals surface area contributed by atoms with Crippen molar-refractivity contribution in [1.82, 2.24) is 0 Å². The molecule has 0 heterocycles. The highest BCUT2D eigenvalue weighted by Gasteiger charge is 2.14. The highest BCUT2D eigenvalue weighted by atomic mass is 16.5. The Balaban J connectivity index is 1.68. The molecule has 0 spiro atoms. The summed E-state index contributed by atoms with van der Waals surface area (Å²) >= 11 is 0. The Hall–Kier alpha value is -1.22. The van der Waals surface area contributed by atoms with Crippen LogP contribution in [0.3, 0.4) is 0 Å². The van der Waals surface area contributed by atoms with Crippen molar-refractivity contribution < 1.29 is 14.8 Å². The molecule has 2 N–H and O–H groups in total. The molecule has 0 unspecified atom stereocenters. The van der Waals surface area contributed by atoms with Crippen LogP contribution >= 0.6 is 0 Å². The lowest BCUT2D eigenvalue weighted by molar-refractivity contribution is -0.661. The predicted octanol–water partition coefficient (Wildman–Crippen LogP) is 2.78. The van der Waals surface area contributed by atoms with Gasteiger partial charge >= 0.3 is 0 Å². The average molecular weight is 292 g/mol. The lowest BCUT2D eigenvalue weighted by Gasteiger charge is -2.19. The first-order valence-corrected chi connectivity index (χ1v) is 8.35. The first-order valence-electron chi connectivity index (χ1n) is 8.35. The van der Waals surface area contributed by atoms with E-state index in [0.717, 1.165) is 23.8 Å². The second kappa shape index (κ2) is 8.93. The van der Waals surface area contributed by atoms with Gasteiger partial charge < -0.3 is 14.8 Å². The number of ether oxygens (including phenoxy) is 2. The van der Waals surface area contributed by atoms with Crippen LogP contribution < -0.4 is 14.8 Å². The minimum absolute atomic E-state index is 0.885. The second-order valence-corrected chi connectivity index (χ2v) is 6.14. The highest BCUT2D eigenvalue weighted by Crippen LogP contribution is 2.23. The molecular weight excluding hydrogens is 262 g/mol. The molecule has 1 aliphatic carbocycles. The minimum atomic E-state index is 0.885. The summed E-state index contributed by atoms with van der Waals surface area (Å²) in [4.78, 5) is 0. The summed E-state index contributed by atoms with van der Waals surface area (Å²) in [6.45, 7) is 2.54. The van der Waals surface area contributed by atoms with Gasteiger partial charge in [0, 0.05) is 18.4 Å². The van der Waals surface area contributed by atoms with Crippen molar-refractivity contribution in [3.05, 3.63) is 23.8 Å². The summed E-state index contributed by atoms with van der Waals surface area (Å²) < 4.78 is 10.6. The third kappa shape index (κ3) is 5.58. The molecule has 0 aliphatic heterocycles. The maximum absolute atomic E-state index is 5.32. The Labute approximate surface area is 129 Å². The summed E-state index contributed by atoms with van der Waals surface area (Å²) in [5.74, 6) is 2.74. The molecular formula is C18H30NO2+. The average Bonchev–Trinajstić information content (AvgIpc) is 2.55. The van der Waals surface area contributed by atoms with Crippen LogP contribution in [-0.2, 0) is 6.42 Å². The van der Waals surface area contributed by atoms with Crippen molar-refractivity contribution >= 4 is 0 Å². The molecule has 2 rings (SSSR count). The molecule has 21 heavy (non-hydrogen) atoms. The minimum Gasteiger partial charge on any atom is -0.497 e. The first-order chi connectivity index (χ1) is 10.3. The third-order valence-electron chi connectivity index (χ3n) is 4.51. The molecule has 1 aromatic rings. The molecule has 118 valence electrons. The zero-order chi connectivity index (χ0) is 14.9. The monoisotopic (exact) mass is 292 g/mol. The number of hydrogen-bond acceptors (Lipinski definition) is 2. The van der Waals surface area contributed by atoms with Gasteiger partial charge in [-0.05, 0) is 37.0 Å². The number of quaternary nitrogens is 1. The van der Waals surface area contributed by atoms with Crippen LogP contribution in [0.2, 0.25) is 0 Å². The fourth-order valence-electron chi connectivity index (χ4n) is 3.24. The van der Waals surface area contributed by atoms with E-state index in [0.29, 0.717) is 0 Å². The van der Waals surface area contributed by atoms with Gasteiger partial charge in [0.05, 0.1) is 27.3 Å². The number of methoxy groups -OCH3 is 2. The zero-order valence-corrected chi connectivity index (χ0v) is 13.6. The van der Waals surface area contributed by atoms with E-state index in [-0.39, 0.29) is 0 Å². The number of benzene rings is 1. The van der Waals surface area contributed by atoms with Gasteiger partial charge in [0.2, 0.25) is 0 Å². The quantitative estimate of drug-likeness (QED) is 0.748. The summed E-state index contributed by atoms with van der Waals surface area (Å²) in [5.41, 5.74) is 1.30. The maximum Gasteiger partial charge on any atom is 0.122 e. The van der Waals surface area contributed by atoms with E-state index in [4.69, 9.17) is 9.47 Å². The summed E-state index contributed by atoms with van der Waals surface area (Å²) in [7, 11) is 3.41. The number of nitrogens with two attached hydrogens (primary N) is 1. The molecule has 1 fully saturated rings. The van der Waals surface area contributed by atoms with Crippen molar-refractivity contribution in [3.63, 3.8) is 0 Å². The van der Waals surface area contributed by atoms with Gasteiger partial charge in [-0.15, -0.1) is 0 Å². The summed E-state index contributed by atoms with van der Waals surface area (Å²) in [6, 6.07) is 6.16. The van der Waals surface area contributed by atoms with E-state index in [1.54, 1.807) is 14.2 Å². The van der Waals surface area contributed by atoms with E-state index >= 15 is 0 Å². The SMILES string of the molecule is COc1cc(CCC[NH2+]CC2CCCCC2)cc(OC)c1. The fourth-order valence-corrected chi connectivity index (χ4v) is 3.24. The van der Waals surface area contributed by atoms with Crippen LogP contribution in [0.25, 0.3) is 0 Å². The predicted molar refractivity (Wildman–Crippen MR) is 86.1 cm³/mol. The van der Waals surface area contributed by atoms with Gasteiger partial charge in [-0.3, -0.25) is 0 Å². The molecule has 3 nitrogen and oxygen atoms in total. The molecule has 1 aromatic carbocycles. The van der Waals surface area contributed by atoms with Crippen LogP contribution in [0.4, 0.5) is 0 Å². The summed E-state index contributed by atoms with van der Waals surface area (Å²) in [5, 5.41) is 2.51.